The van der Waals surface area contributed by atoms with Gasteiger partial charge < -0.3 is 28.8 Å². The van der Waals surface area contributed by atoms with Crippen LogP contribution in [0.3, 0.4) is 0 Å². The lowest BCUT2D eigenvalue weighted by atomic mass is 9.88. The zero-order valence-corrected chi connectivity index (χ0v) is 29.7. The monoisotopic (exact) mass is 720 g/mol. The van der Waals surface area contributed by atoms with E-state index in [4.69, 9.17) is 19.3 Å². The standard InChI is InChI=1S/C33H44N4O10S2/c1-5-35-20-29(30(39)27-11-6-7-12-28(27)35)49(43,44)36-15-13-33(14-16-36)18-23(21-46-33)37(31(40)47-32(2,3)4)19-24(38)22-45-25-9-8-10-26(17-25)48(34,41)42/h6-12,17,20,23-24,38H,5,13-16,18-19,21-22H2,1-4H3,(H2,34,41,42)/t23-,24+/m1/s1. The maximum Gasteiger partial charge on any atom is 0.410 e. The molecule has 2 aliphatic heterocycles. The summed E-state index contributed by atoms with van der Waals surface area (Å²) in [4.78, 5) is 27.7. The van der Waals surface area contributed by atoms with Crippen molar-refractivity contribution < 1.29 is 40.9 Å². The summed E-state index contributed by atoms with van der Waals surface area (Å²) in [6, 6.07) is 12.0. The molecule has 1 amide bonds. The second kappa shape index (κ2) is 14.0. The van der Waals surface area contributed by atoms with Crippen molar-refractivity contribution >= 4 is 37.0 Å². The minimum Gasteiger partial charge on any atom is -0.491 e. The lowest BCUT2D eigenvalue weighted by molar-refractivity contribution is -0.0329. The number of benzene rings is 2. The number of carbonyl (C=O) groups is 1. The summed E-state index contributed by atoms with van der Waals surface area (Å²) >= 11 is 0. The number of rotatable bonds is 10. The van der Waals surface area contributed by atoms with Gasteiger partial charge in [-0.15, -0.1) is 0 Å². The largest absolute Gasteiger partial charge is 0.491 e. The minimum atomic E-state index is -4.11. The second-order valence-electron chi connectivity index (χ2n) is 13.5. The van der Waals surface area contributed by atoms with Crippen LogP contribution in [0.2, 0.25) is 0 Å². The number of ether oxygens (including phenoxy) is 3. The van der Waals surface area contributed by atoms with E-state index in [1.165, 1.54) is 39.7 Å². The van der Waals surface area contributed by atoms with Crippen molar-refractivity contribution in [3.05, 3.63) is 65.0 Å². The van der Waals surface area contributed by atoms with Gasteiger partial charge in [0.2, 0.25) is 25.5 Å². The molecule has 3 aromatic rings. The van der Waals surface area contributed by atoms with Gasteiger partial charge in [-0.05, 0) is 71.2 Å². The van der Waals surface area contributed by atoms with E-state index in [1.54, 1.807) is 49.6 Å². The van der Waals surface area contributed by atoms with Gasteiger partial charge in [0.1, 0.15) is 29.0 Å². The van der Waals surface area contributed by atoms with E-state index in [1.807, 2.05) is 6.92 Å². The molecular formula is C33H44N4O10S2. The lowest BCUT2D eigenvalue weighted by Crippen LogP contribution is -2.50. The molecule has 0 aliphatic carbocycles. The molecule has 3 N–H and O–H groups in total. The number of sulfonamides is 2. The van der Waals surface area contributed by atoms with Crippen molar-refractivity contribution in [1.29, 1.82) is 0 Å². The average Bonchev–Trinajstić information content (AvgIpc) is 3.44. The number of aryl methyl sites for hydroxylation is 1. The first kappa shape index (κ1) is 36.7. The van der Waals surface area contributed by atoms with E-state index in [-0.39, 0.29) is 48.4 Å². The van der Waals surface area contributed by atoms with Crippen molar-refractivity contribution in [2.24, 2.45) is 5.14 Å². The summed E-state index contributed by atoms with van der Waals surface area (Å²) in [7, 11) is -8.06. The quantitative estimate of drug-likeness (QED) is 0.315. The fourth-order valence-corrected chi connectivity index (χ4v) is 8.41. The molecule has 0 saturated carbocycles. The summed E-state index contributed by atoms with van der Waals surface area (Å²) in [6.07, 6.45) is 0.638. The Bertz CT molecular complexity index is 1970. The van der Waals surface area contributed by atoms with Crippen molar-refractivity contribution in [3.8, 4) is 5.75 Å². The maximum absolute atomic E-state index is 13.8. The number of nitrogens with two attached hydrogens (primary N) is 1. The molecule has 268 valence electrons. The van der Waals surface area contributed by atoms with Crippen LogP contribution >= 0.6 is 0 Å². The molecule has 0 unspecified atom stereocenters. The van der Waals surface area contributed by atoms with Crippen molar-refractivity contribution in [1.82, 2.24) is 13.8 Å². The Morgan fingerprint density at radius 1 is 1.12 bits per heavy atom. The fraction of sp³-hybridized carbons (Fsp3) is 0.515. The first-order valence-corrected chi connectivity index (χ1v) is 19.1. The smallest absolute Gasteiger partial charge is 0.410 e. The molecule has 14 nitrogen and oxygen atoms in total. The second-order valence-corrected chi connectivity index (χ2v) is 17.0. The summed E-state index contributed by atoms with van der Waals surface area (Å²) in [5.74, 6) is 0.177. The zero-order chi connectivity index (χ0) is 35.8. The van der Waals surface area contributed by atoms with Crippen molar-refractivity contribution in [2.45, 2.75) is 86.6 Å². The summed E-state index contributed by atoms with van der Waals surface area (Å²) in [5.41, 5.74) is -1.41. The van der Waals surface area contributed by atoms with Gasteiger partial charge in [-0.3, -0.25) is 4.79 Å². The molecule has 2 saturated heterocycles. The molecule has 2 atom stereocenters. The highest BCUT2D eigenvalue weighted by Crippen LogP contribution is 2.39. The summed E-state index contributed by atoms with van der Waals surface area (Å²) in [6.45, 7) is 7.52. The summed E-state index contributed by atoms with van der Waals surface area (Å²) in [5, 5.41) is 16.5. The number of aromatic nitrogens is 1. The lowest BCUT2D eigenvalue weighted by Gasteiger charge is -2.38. The molecule has 0 radical (unpaired) electrons. The number of pyridine rings is 1. The third-order valence-electron chi connectivity index (χ3n) is 8.79. The number of nitrogens with zero attached hydrogens (tertiary/aromatic N) is 3. The van der Waals surface area contributed by atoms with Gasteiger partial charge in [-0.1, -0.05) is 18.2 Å². The number of para-hydroxylation sites is 1. The maximum atomic E-state index is 13.8. The molecule has 2 fully saturated rings. The van der Waals surface area contributed by atoms with Gasteiger partial charge in [0, 0.05) is 37.3 Å². The van der Waals surface area contributed by atoms with Crippen LogP contribution in [0.25, 0.3) is 10.9 Å². The Kier molecular flexibility index (Phi) is 10.5. The van der Waals surface area contributed by atoms with Crippen LogP contribution in [-0.4, -0.2) is 98.0 Å². The molecule has 2 aromatic carbocycles. The van der Waals surface area contributed by atoms with Gasteiger partial charge >= 0.3 is 6.09 Å². The number of fused-ring (bicyclic) bond motifs is 1. The van der Waals surface area contributed by atoms with Gasteiger partial charge in [-0.25, -0.2) is 26.8 Å². The number of aliphatic hydroxyl groups is 1. The van der Waals surface area contributed by atoms with Crippen molar-refractivity contribution in [2.75, 3.05) is 32.8 Å². The first-order chi connectivity index (χ1) is 22.9. The minimum absolute atomic E-state index is 0.119. The zero-order valence-electron chi connectivity index (χ0n) is 28.1. The highest BCUT2D eigenvalue weighted by Gasteiger charge is 2.48. The highest BCUT2D eigenvalue weighted by molar-refractivity contribution is 7.89. The number of amides is 1. The Labute approximate surface area is 286 Å². The molecular weight excluding hydrogens is 677 g/mol. The van der Waals surface area contributed by atoms with E-state index >= 15 is 0 Å². The van der Waals surface area contributed by atoms with Crippen LogP contribution in [0.5, 0.6) is 5.75 Å². The molecule has 3 heterocycles. The van der Waals surface area contributed by atoms with Gasteiger partial charge in [0.25, 0.3) is 0 Å². The number of carbonyl (C=O) groups excluding carboxylic acids is 1. The Morgan fingerprint density at radius 3 is 2.47 bits per heavy atom. The van der Waals surface area contributed by atoms with Crippen molar-refractivity contribution in [3.63, 3.8) is 0 Å². The number of piperidine rings is 1. The molecule has 16 heteroatoms. The van der Waals surface area contributed by atoms with E-state index in [0.717, 1.165) is 0 Å². The molecule has 49 heavy (non-hydrogen) atoms. The Hall–Kier alpha value is -3.54. The average molecular weight is 721 g/mol. The van der Waals surface area contributed by atoms with Crippen LogP contribution in [0, 0.1) is 0 Å². The van der Waals surface area contributed by atoms with Gasteiger partial charge in [0.15, 0.2) is 0 Å². The SMILES string of the molecule is CCn1cc(S(=O)(=O)N2CCC3(CC2)C[C@@H](N(C[C@H](O)COc2cccc(S(N)(=O)=O)c2)C(=O)OC(C)(C)C)CO3)c(=O)c2ccccc21. The normalized spacial score (nSPS) is 19.2. The predicted octanol–water partition coefficient (Wildman–Crippen LogP) is 2.66. The first-order valence-electron chi connectivity index (χ1n) is 16.1. The third kappa shape index (κ3) is 8.27. The Morgan fingerprint density at radius 2 is 1.82 bits per heavy atom. The molecule has 1 spiro atoms. The van der Waals surface area contributed by atoms with E-state index in [2.05, 4.69) is 0 Å². The van der Waals surface area contributed by atoms with E-state index < -0.39 is 54.9 Å². The summed E-state index contributed by atoms with van der Waals surface area (Å²) < 4.78 is 71.6. The number of hydrogen-bond donors (Lipinski definition) is 2. The topological polar surface area (TPSA) is 188 Å². The molecule has 0 bridgehead atoms. The number of hydrogen-bond acceptors (Lipinski definition) is 10. The number of aliphatic hydroxyl groups excluding tert-OH is 1. The fourth-order valence-electron chi connectivity index (χ4n) is 6.31. The predicted molar refractivity (Wildman–Crippen MR) is 181 cm³/mol. The van der Waals surface area contributed by atoms with Crippen LogP contribution < -0.4 is 15.3 Å². The molecule has 2 aliphatic rings. The van der Waals surface area contributed by atoms with E-state index in [9.17, 15) is 31.5 Å². The van der Waals surface area contributed by atoms with E-state index in [0.29, 0.717) is 36.7 Å². The molecule has 1 aromatic heterocycles. The van der Waals surface area contributed by atoms with Crippen LogP contribution in [0.4, 0.5) is 4.79 Å². The third-order valence-corrected chi connectivity index (χ3v) is 11.6. The molecule has 5 rings (SSSR count). The van der Waals surface area contributed by atoms with Gasteiger partial charge in [-0.2, -0.15) is 4.31 Å². The number of primary sulfonamides is 1. The highest BCUT2D eigenvalue weighted by atomic mass is 32.2. The van der Waals surface area contributed by atoms with Crippen LogP contribution in [-0.2, 0) is 36.1 Å². The van der Waals surface area contributed by atoms with Crippen LogP contribution in [0.15, 0.2) is 69.3 Å². The van der Waals surface area contributed by atoms with Gasteiger partial charge in [0.05, 0.1) is 35.2 Å². The van der Waals surface area contributed by atoms with Crippen LogP contribution in [0.1, 0.15) is 47.0 Å². The Balaban J connectivity index is 1.27.